The zero-order chi connectivity index (χ0) is 34.1. The molecular weight excluding hydrogens is 633 g/mol. The molecule has 3 aliphatic heterocycles. The van der Waals surface area contributed by atoms with Crippen molar-refractivity contribution in [3.8, 4) is 41.2 Å². The van der Waals surface area contributed by atoms with Crippen molar-refractivity contribution >= 4 is 27.5 Å². The van der Waals surface area contributed by atoms with Crippen molar-refractivity contribution in [2.75, 3.05) is 51.3 Å². The molecule has 1 saturated carbocycles. The van der Waals surface area contributed by atoms with E-state index in [0.29, 0.717) is 18.9 Å². The molecule has 0 spiro atoms. The Kier molecular flexibility index (Phi) is 7.80. The van der Waals surface area contributed by atoms with Gasteiger partial charge in [-0.2, -0.15) is 9.97 Å². The molecule has 9 nitrogen and oxygen atoms in total. The van der Waals surface area contributed by atoms with Gasteiger partial charge in [-0.25, -0.2) is 18.2 Å². The zero-order valence-electron chi connectivity index (χ0n) is 27.6. The zero-order valence-corrected chi connectivity index (χ0v) is 27.6. The first-order valence-corrected chi connectivity index (χ1v) is 16.7. The molecule has 254 valence electrons. The van der Waals surface area contributed by atoms with Crippen LogP contribution >= 0.6 is 0 Å². The number of terminal acetylenes is 1. The maximum Gasteiger partial charge on any atom is 0.319 e. The highest BCUT2D eigenvalue weighted by Gasteiger charge is 2.45. The molecule has 4 fully saturated rings. The topological polar surface area (TPSA) is 95.9 Å². The first-order valence-electron chi connectivity index (χ1n) is 16.7. The lowest BCUT2D eigenvalue weighted by molar-refractivity contribution is 0.283. The van der Waals surface area contributed by atoms with Gasteiger partial charge in [0.05, 0.1) is 12.7 Å². The lowest BCUT2D eigenvalue weighted by Gasteiger charge is -2.34. The van der Waals surface area contributed by atoms with E-state index < -0.39 is 23.2 Å². The predicted octanol–water partition coefficient (Wildman–Crippen LogP) is 5.57. The highest BCUT2D eigenvalue weighted by atomic mass is 19.1. The van der Waals surface area contributed by atoms with Gasteiger partial charge >= 0.3 is 6.01 Å². The number of phenolic OH excluding ortho intramolecular Hbond substituents is 1. The number of phenols is 1. The highest BCUT2D eigenvalue weighted by molar-refractivity contribution is 6.04. The van der Waals surface area contributed by atoms with E-state index in [1.54, 1.807) is 0 Å². The molecule has 2 N–H and O–H groups in total. The predicted molar refractivity (Wildman–Crippen MR) is 180 cm³/mol. The van der Waals surface area contributed by atoms with Crippen LogP contribution in [0, 0.1) is 41.6 Å². The van der Waals surface area contributed by atoms with Gasteiger partial charge in [0.2, 0.25) is 5.88 Å². The number of hydrogen-bond acceptors (Lipinski definition) is 9. The number of hydrogen-bond donors (Lipinski definition) is 2. The summed E-state index contributed by atoms with van der Waals surface area (Å²) in [5, 5.41) is 14.1. The Morgan fingerprint density at radius 2 is 1.76 bits per heavy atom. The number of likely N-dealkylation sites (tertiary alicyclic amines) is 1. The van der Waals surface area contributed by atoms with Gasteiger partial charge in [-0.3, -0.25) is 4.90 Å². The van der Waals surface area contributed by atoms with Crippen LogP contribution in [0.5, 0.6) is 17.6 Å². The van der Waals surface area contributed by atoms with Crippen LogP contribution < -0.4 is 19.7 Å². The average molecular weight is 671 g/mol. The van der Waals surface area contributed by atoms with Gasteiger partial charge in [-0.15, -0.1) is 6.42 Å². The molecule has 0 radical (unpaired) electrons. The van der Waals surface area contributed by atoms with Gasteiger partial charge in [-0.1, -0.05) is 11.5 Å². The Morgan fingerprint density at radius 1 is 1.02 bits per heavy atom. The first-order chi connectivity index (χ1) is 23.6. The number of aromatic hydroxyl groups is 1. The molecule has 3 saturated heterocycles. The third kappa shape index (κ3) is 5.49. The molecule has 4 aliphatic rings. The summed E-state index contributed by atoms with van der Waals surface area (Å²) in [4.78, 5) is 18.5. The van der Waals surface area contributed by atoms with Crippen LogP contribution in [0.1, 0.15) is 38.7 Å². The number of methoxy groups -OCH3 is 1. The van der Waals surface area contributed by atoms with Crippen LogP contribution in [0.15, 0.2) is 29.3 Å². The van der Waals surface area contributed by atoms with Crippen molar-refractivity contribution in [2.24, 2.45) is 11.8 Å². The summed E-state index contributed by atoms with van der Waals surface area (Å²) in [6.07, 6.45) is 9.00. The van der Waals surface area contributed by atoms with Gasteiger partial charge in [-0.05, 0) is 68.7 Å². The fraction of sp³-hybridized carbons (Fsp3) is 0.432. The van der Waals surface area contributed by atoms with Crippen molar-refractivity contribution in [1.82, 2.24) is 25.2 Å². The number of anilines is 1. The Labute approximate surface area is 282 Å². The number of halogens is 3. The van der Waals surface area contributed by atoms with E-state index >= 15 is 8.78 Å². The SMILES string of the molecule is C#Cc1c(F)ccc2c(F)c(O)cc(-c3nc(OC)c4c(N5CC6CCC(C5)N6)nc(OCC(CN5CC6CC6C5)=C(C)C)nc4c3F)c12. The number of ether oxygens (including phenoxy) is 2. The van der Waals surface area contributed by atoms with E-state index in [4.69, 9.17) is 20.9 Å². The summed E-state index contributed by atoms with van der Waals surface area (Å²) >= 11 is 0. The molecule has 2 aromatic heterocycles. The number of piperazine rings is 1. The second-order valence-electron chi connectivity index (χ2n) is 14.0. The molecular formula is C37H37F3N6O3. The number of aromatic nitrogens is 3. The van der Waals surface area contributed by atoms with Crippen molar-refractivity contribution in [2.45, 2.75) is 45.2 Å². The van der Waals surface area contributed by atoms with Gasteiger partial charge in [0.25, 0.3) is 0 Å². The van der Waals surface area contributed by atoms with Crippen molar-refractivity contribution in [3.05, 3.63) is 52.4 Å². The third-order valence-corrected chi connectivity index (χ3v) is 10.5. The van der Waals surface area contributed by atoms with E-state index in [-0.39, 0.29) is 69.1 Å². The Balaban J connectivity index is 1.28. The summed E-state index contributed by atoms with van der Waals surface area (Å²) in [5.74, 6) is 0.791. The molecule has 4 aromatic rings. The number of pyridine rings is 1. The monoisotopic (exact) mass is 670 g/mol. The first kappa shape index (κ1) is 31.7. The number of nitrogens with one attached hydrogen (secondary N) is 1. The smallest absolute Gasteiger partial charge is 0.319 e. The molecule has 2 bridgehead atoms. The maximum atomic E-state index is 17.1. The molecule has 0 amide bonds. The van der Waals surface area contributed by atoms with Crippen LogP contribution in [-0.2, 0) is 0 Å². The van der Waals surface area contributed by atoms with Crippen LogP contribution in [0.2, 0.25) is 0 Å². The minimum atomic E-state index is -1.02. The molecule has 12 heteroatoms. The standard InChI is InChI=1S/C37H37F3N6O3/c1-5-24-27(38)9-8-25-29(24)26(11-28(47)31(25)39)33-32(40)34-30(36(42-33)48-4)35(46-15-22-6-7-23(16-46)41-22)44-37(43-34)49-17-21(18(2)3)14-45-12-19-10-20(19)13-45/h1,8-9,11,19-20,22-23,41,47H,6-7,10,12-17H2,2-4H3. The summed E-state index contributed by atoms with van der Waals surface area (Å²) in [6, 6.07) is 3.61. The normalized spacial score (nSPS) is 22.8. The van der Waals surface area contributed by atoms with E-state index in [1.165, 1.54) is 13.5 Å². The molecule has 49 heavy (non-hydrogen) atoms. The van der Waals surface area contributed by atoms with Crippen molar-refractivity contribution in [3.63, 3.8) is 0 Å². The lowest BCUT2D eigenvalue weighted by Crippen LogP contribution is -2.51. The molecule has 4 unspecified atom stereocenters. The Morgan fingerprint density at radius 3 is 2.43 bits per heavy atom. The van der Waals surface area contributed by atoms with E-state index in [0.717, 1.165) is 73.7 Å². The number of rotatable bonds is 8. The second-order valence-corrected chi connectivity index (χ2v) is 14.0. The van der Waals surface area contributed by atoms with Crippen LogP contribution in [0.25, 0.3) is 32.9 Å². The van der Waals surface area contributed by atoms with Crippen LogP contribution in [-0.4, -0.2) is 83.5 Å². The quantitative estimate of drug-likeness (QED) is 0.185. The number of fused-ring (bicyclic) bond motifs is 5. The fourth-order valence-electron chi connectivity index (χ4n) is 7.86. The number of benzene rings is 2. The van der Waals surface area contributed by atoms with E-state index in [1.807, 2.05) is 0 Å². The molecule has 1 aliphatic carbocycles. The summed E-state index contributed by atoms with van der Waals surface area (Å²) in [5.41, 5.74) is 1.36. The molecule has 5 heterocycles. The van der Waals surface area contributed by atoms with Gasteiger partial charge in [0, 0.05) is 61.1 Å². The number of allylic oxidation sites excluding steroid dienone is 1. The van der Waals surface area contributed by atoms with Crippen molar-refractivity contribution < 1.29 is 27.8 Å². The van der Waals surface area contributed by atoms with Crippen molar-refractivity contribution in [1.29, 1.82) is 0 Å². The van der Waals surface area contributed by atoms with Gasteiger partial charge in [0.15, 0.2) is 17.4 Å². The van der Waals surface area contributed by atoms with E-state index in [2.05, 4.69) is 44.9 Å². The fourth-order valence-corrected chi connectivity index (χ4v) is 7.86. The summed E-state index contributed by atoms with van der Waals surface area (Å²) in [6.45, 7) is 8.55. The maximum absolute atomic E-state index is 17.1. The Hall–Kier alpha value is -4.60. The third-order valence-electron chi connectivity index (χ3n) is 10.5. The molecule has 4 atom stereocenters. The van der Waals surface area contributed by atoms with Crippen LogP contribution in [0.4, 0.5) is 19.0 Å². The number of piperidine rings is 1. The van der Waals surface area contributed by atoms with Gasteiger partial charge in [0.1, 0.15) is 34.8 Å². The van der Waals surface area contributed by atoms with E-state index in [9.17, 15) is 9.50 Å². The second kappa shape index (κ2) is 12.1. The largest absolute Gasteiger partial charge is 0.505 e. The Bertz CT molecular complexity index is 2070. The van der Waals surface area contributed by atoms with Crippen LogP contribution in [0.3, 0.4) is 0 Å². The molecule has 2 aromatic carbocycles. The minimum Gasteiger partial charge on any atom is -0.505 e. The highest BCUT2D eigenvalue weighted by Crippen LogP contribution is 2.45. The van der Waals surface area contributed by atoms with Gasteiger partial charge < -0.3 is 24.8 Å². The minimum absolute atomic E-state index is 0.00652. The average Bonchev–Trinajstić information content (AvgIpc) is 3.56. The molecule has 8 rings (SSSR count). The summed E-state index contributed by atoms with van der Waals surface area (Å²) < 4.78 is 59.2. The number of nitrogens with zero attached hydrogens (tertiary/aromatic N) is 5. The summed E-state index contributed by atoms with van der Waals surface area (Å²) in [7, 11) is 1.40. The lowest BCUT2D eigenvalue weighted by atomic mass is 9.95.